The van der Waals surface area contributed by atoms with Gasteiger partial charge in [-0.05, 0) is 79.4 Å². The first kappa shape index (κ1) is 16.6. The molecule has 0 aliphatic heterocycles. The Balaban J connectivity index is 1.66. The van der Waals surface area contributed by atoms with Crippen LogP contribution in [0.3, 0.4) is 0 Å². The van der Waals surface area contributed by atoms with Crippen LogP contribution in [0.1, 0.15) is 71.6 Å². The largest absolute Gasteiger partial charge is 0.393 e. The monoisotopic (exact) mass is 329 g/mol. The van der Waals surface area contributed by atoms with Crippen LogP contribution in [-0.2, 0) is 4.79 Å². The van der Waals surface area contributed by atoms with Gasteiger partial charge in [0.25, 0.3) is 0 Å². The van der Waals surface area contributed by atoms with Crippen LogP contribution in [0.2, 0.25) is 0 Å². The summed E-state index contributed by atoms with van der Waals surface area (Å²) >= 11 is 0. The molecule has 8 atom stereocenters. The maximum absolute atomic E-state index is 13.3. The van der Waals surface area contributed by atoms with Crippen molar-refractivity contribution < 1.29 is 9.90 Å². The third-order valence-electron chi connectivity index (χ3n) is 8.85. The van der Waals surface area contributed by atoms with E-state index in [1.165, 1.54) is 12.8 Å². The lowest BCUT2D eigenvalue weighted by Gasteiger charge is -2.59. The molecule has 3 heteroatoms. The first-order valence-corrected chi connectivity index (χ1v) is 9.98. The highest BCUT2D eigenvalue weighted by atomic mass is 16.3. The number of ketones is 1. The predicted octanol–water partition coefficient (Wildman–Crippen LogP) is 4.10. The van der Waals surface area contributed by atoms with Crippen LogP contribution < -0.4 is 0 Å². The second kappa shape index (κ2) is 5.56. The zero-order valence-corrected chi connectivity index (χ0v) is 15.1. The molecule has 0 saturated heterocycles. The average Bonchev–Trinajstić information content (AvgIpc) is 2.84. The minimum absolute atomic E-state index is 0.0609. The van der Waals surface area contributed by atoms with Crippen LogP contribution in [0.5, 0.6) is 0 Å². The van der Waals surface area contributed by atoms with Gasteiger partial charge in [-0.1, -0.05) is 13.8 Å². The van der Waals surface area contributed by atoms with Gasteiger partial charge in [0, 0.05) is 18.8 Å². The summed E-state index contributed by atoms with van der Waals surface area (Å²) in [4.78, 5) is 13.3. The van der Waals surface area contributed by atoms with E-state index in [9.17, 15) is 15.2 Å². The Morgan fingerprint density at radius 1 is 1.17 bits per heavy atom. The molecule has 0 bridgehead atoms. The van der Waals surface area contributed by atoms with Gasteiger partial charge in [0.05, 0.1) is 12.2 Å². The molecule has 4 fully saturated rings. The summed E-state index contributed by atoms with van der Waals surface area (Å²) in [6.45, 7) is 4.66. The zero-order valence-electron chi connectivity index (χ0n) is 15.1. The van der Waals surface area contributed by atoms with Gasteiger partial charge in [-0.2, -0.15) is 5.26 Å². The summed E-state index contributed by atoms with van der Waals surface area (Å²) in [7, 11) is 0. The number of rotatable bonds is 1. The first-order chi connectivity index (χ1) is 11.4. The Morgan fingerprint density at radius 2 is 1.96 bits per heavy atom. The molecule has 1 N–H and O–H groups in total. The van der Waals surface area contributed by atoms with Gasteiger partial charge < -0.3 is 5.11 Å². The van der Waals surface area contributed by atoms with E-state index < -0.39 is 0 Å². The molecule has 3 unspecified atom stereocenters. The first-order valence-electron chi connectivity index (χ1n) is 9.98. The van der Waals surface area contributed by atoms with Gasteiger partial charge in [0.1, 0.15) is 5.78 Å². The SMILES string of the molecule is CC12CC(=O)[C@H]3C(CC[C@H]4C[C@H](O)CCC43C)[C@@H]1CC[C@@H]2CC#N. The van der Waals surface area contributed by atoms with E-state index in [-0.39, 0.29) is 22.9 Å². The number of nitriles is 1. The lowest BCUT2D eigenvalue weighted by molar-refractivity contribution is -0.161. The van der Waals surface area contributed by atoms with E-state index >= 15 is 0 Å². The summed E-state index contributed by atoms with van der Waals surface area (Å²) in [6.07, 6.45) is 8.59. The highest BCUT2D eigenvalue weighted by Crippen LogP contribution is 2.66. The average molecular weight is 329 g/mol. The van der Waals surface area contributed by atoms with Crippen molar-refractivity contribution in [2.45, 2.75) is 77.7 Å². The number of fused-ring (bicyclic) bond motifs is 5. The molecule has 0 aromatic heterocycles. The molecular weight excluding hydrogens is 298 g/mol. The fraction of sp³-hybridized carbons (Fsp3) is 0.905. The highest BCUT2D eigenvalue weighted by molar-refractivity contribution is 5.84. The van der Waals surface area contributed by atoms with Crippen LogP contribution in [-0.4, -0.2) is 17.0 Å². The van der Waals surface area contributed by atoms with E-state index in [0.717, 1.165) is 32.1 Å². The van der Waals surface area contributed by atoms with Crippen molar-refractivity contribution in [2.75, 3.05) is 0 Å². The van der Waals surface area contributed by atoms with E-state index in [0.29, 0.717) is 42.3 Å². The number of hydrogen-bond donors (Lipinski definition) is 1. The second-order valence-corrected chi connectivity index (χ2v) is 9.74. The topological polar surface area (TPSA) is 61.1 Å². The molecule has 0 spiro atoms. The number of nitrogens with zero attached hydrogens (tertiary/aromatic N) is 1. The summed E-state index contributed by atoms with van der Waals surface area (Å²) in [5.41, 5.74) is 0.166. The van der Waals surface area contributed by atoms with Crippen molar-refractivity contribution >= 4 is 5.78 Å². The van der Waals surface area contributed by atoms with Crippen LogP contribution >= 0.6 is 0 Å². The van der Waals surface area contributed by atoms with Crippen molar-refractivity contribution in [1.29, 1.82) is 5.26 Å². The summed E-state index contributed by atoms with van der Waals surface area (Å²) in [5.74, 6) is 2.78. The van der Waals surface area contributed by atoms with Crippen molar-refractivity contribution in [1.82, 2.24) is 0 Å². The Bertz CT molecular complexity index is 581. The number of aliphatic hydroxyl groups excluding tert-OH is 1. The summed E-state index contributed by atoms with van der Waals surface area (Å²) < 4.78 is 0. The van der Waals surface area contributed by atoms with E-state index in [4.69, 9.17) is 0 Å². The van der Waals surface area contributed by atoms with Crippen molar-refractivity contribution in [3.8, 4) is 6.07 Å². The fourth-order valence-electron chi connectivity index (χ4n) is 7.60. The maximum Gasteiger partial charge on any atom is 0.137 e. The lowest BCUT2D eigenvalue weighted by atomic mass is 9.44. The number of aliphatic hydroxyl groups is 1. The Morgan fingerprint density at radius 3 is 2.71 bits per heavy atom. The second-order valence-electron chi connectivity index (χ2n) is 9.74. The third-order valence-corrected chi connectivity index (χ3v) is 8.85. The lowest BCUT2D eigenvalue weighted by Crippen LogP contribution is -2.57. The highest BCUT2D eigenvalue weighted by Gasteiger charge is 2.62. The van der Waals surface area contributed by atoms with Gasteiger partial charge >= 0.3 is 0 Å². The number of carbonyl (C=O) groups is 1. The van der Waals surface area contributed by atoms with Crippen LogP contribution in [0.4, 0.5) is 0 Å². The minimum atomic E-state index is -0.157. The molecule has 4 rings (SSSR count). The molecule has 4 aliphatic rings. The molecule has 0 radical (unpaired) electrons. The molecule has 0 aromatic carbocycles. The van der Waals surface area contributed by atoms with E-state index in [2.05, 4.69) is 19.9 Å². The molecule has 3 nitrogen and oxygen atoms in total. The summed E-state index contributed by atoms with van der Waals surface area (Å²) in [5, 5.41) is 19.3. The van der Waals surface area contributed by atoms with Gasteiger partial charge in [-0.3, -0.25) is 4.79 Å². The smallest absolute Gasteiger partial charge is 0.137 e. The van der Waals surface area contributed by atoms with E-state index in [1.807, 2.05) is 0 Å². The number of carbonyl (C=O) groups excluding carboxylic acids is 1. The summed E-state index contributed by atoms with van der Waals surface area (Å²) in [6, 6.07) is 2.37. The quantitative estimate of drug-likeness (QED) is 0.788. The van der Waals surface area contributed by atoms with Gasteiger partial charge in [-0.15, -0.1) is 0 Å². The van der Waals surface area contributed by atoms with E-state index in [1.54, 1.807) is 0 Å². The van der Waals surface area contributed by atoms with Gasteiger partial charge in [0.2, 0.25) is 0 Å². The molecule has 0 aromatic rings. The van der Waals surface area contributed by atoms with Crippen molar-refractivity contribution in [3.05, 3.63) is 0 Å². The molecule has 4 saturated carbocycles. The third kappa shape index (κ3) is 2.15. The number of hydrogen-bond acceptors (Lipinski definition) is 3. The molecule has 4 aliphatic carbocycles. The minimum Gasteiger partial charge on any atom is -0.393 e. The van der Waals surface area contributed by atoms with Crippen molar-refractivity contribution in [2.24, 2.45) is 40.4 Å². The van der Waals surface area contributed by atoms with Gasteiger partial charge in [-0.25, -0.2) is 0 Å². The van der Waals surface area contributed by atoms with Crippen molar-refractivity contribution in [3.63, 3.8) is 0 Å². The van der Waals surface area contributed by atoms with Crippen LogP contribution in [0.25, 0.3) is 0 Å². The van der Waals surface area contributed by atoms with Crippen LogP contribution in [0.15, 0.2) is 0 Å². The molecule has 0 heterocycles. The van der Waals surface area contributed by atoms with Crippen LogP contribution in [0, 0.1) is 51.8 Å². The zero-order chi connectivity index (χ0) is 17.1. The fourth-order valence-corrected chi connectivity index (χ4v) is 7.60. The Hall–Kier alpha value is -0.880. The molecule has 0 amide bonds. The molecule has 132 valence electrons. The Kier molecular flexibility index (Phi) is 3.84. The normalized spacial score (nSPS) is 53.7. The molecular formula is C21H31NO2. The maximum atomic E-state index is 13.3. The number of Topliss-reactive ketones (excluding diaryl/α,β-unsaturated/α-hetero) is 1. The van der Waals surface area contributed by atoms with Gasteiger partial charge in [0.15, 0.2) is 0 Å². The standard InChI is InChI=1S/C21H31NO2/c1-20-9-7-15(23)11-14(20)3-5-16-17-6-4-13(8-10-22)21(17,2)12-18(24)19(16)20/h13-17,19,23H,3-9,11-12H2,1-2H3/t13-,14+,15-,16?,17+,19-,20?,21?/m1/s1. The molecule has 24 heavy (non-hydrogen) atoms. The Labute approximate surface area is 145 Å². The predicted molar refractivity (Wildman–Crippen MR) is 91.8 cm³/mol.